The highest BCUT2D eigenvalue weighted by Crippen LogP contribution is 2.43. The van der Waals surface area contributed by atoms with Crippen molar-refractivity contribution in [2.24, 2.45) is 0 Å². The molecule has 2 atom stereocenters. The van der Waals surface area contributed by atoms with Crippen LogP contribution in [0.15, 0.2) is 40.0 Å². The molecule has 2 aliphatic heterocycles. The maximum Gasteiger partial charge on any atom is 0.243 e. The Kier molecular flexibility index (Phi) is 4.29. The van der Waals surface area contributed by atoms with Crippen molar-refractivity contribution in [3.63, 3.8) is 0 Å². The van der Waals surface area contributed by atoms with Gasteiger partial charge in [0.25, 0.3) is 0 Å². The summed E-state index contributed by atoms with van der Waals surface area (Å²) in [5.41, 5.74) is 2.13. The van der Waals surface area contributed by atoms with Crippen LogP contribution in [-0.4, -0.2) is 34.6 Å². The van der Waals surface area contributed by atoms with E-state index >= 15 is 0 Å². The first-order valence-electron chi connectivity index (χ1n) is 8.66. The van der Waals surface area contributed by atoms with Gasteiger partial charge in [-0.2, -0.15) is 9.40 Å². The third-order valence-electron chi connectivity index (χ3n) is 5.64. The minimum absolute atomic E-state index is 0.0679. The van der Waals surface area contributed by atoms with Gasteiger partial charge in [0.15, 0.2) is 0 Å². The summed E-state index contributed by atoms with van der Waals surface area (Å²) in [6, 6.07) is 5.86. The van der Waals surface area contributed by atoms with Crippen LogP contribution >= 0.6 is 15.9 Å². The molecule has 0 N–H and O–H groups in total. The van der Waals surface area contributed by atoms with Crippen LogP contribution in [0, 0.1) is 13.8 Å². The Morgan fingerprint density at radius 1 is 1.08 bits per heavy atom. The molecule has 0 radical (unpaired) electrons. The van der Waals surface area contributed by atoms with Gasteiger partial charge >= 0.3 is 0 Å². The Labute approximate surface area is 157 Å². The van der Waals surface area contributed by atoms with Crippen molar-refractivity contribution in [3.8, 4) is 0 Å². The Bertz CT molecular complexity index is 895. The number of hydrogen-bond acceptors (Lipinski definition) is 3. The molecule has 25 heavy (non-hydrogen) atoms. The molecular formula is C18H22BrN3O2S. The number of piperidine rings is 1. The molecule has 1 aromatic heterocycles. The molecule has 0 amide bonds. The predicted octanol–water partition coefficient (Wildman–Crippen LogP) is 3.82. The van der Waals surface area contributed by atoms with Gasteiger partial charge in [-0.25, -0.2) is 8.42 Å². The third-order valence-corrected chi connectivity index (χ3v) is 8.05. The normalized spacial score (nSPS) is 26.9. The molecule has 0 saturated carbocycles. The van der Waals surface area contributed by atoms with E-state index in [0.29, 0.717) is 4.90 Å². The zero-order valence-corrected chi connectivity index (χ0v) is 16.8. The largest absolute Gasteiger partial charge is 0.268 e. The molecule has 2 fully saturated rings. The Hall–Kier alpha value is -1.18. The first-order valence-corrected chi connectivity index (χ1v) is 10.9. The van der Waals surface area contributed by atoms with E-state index in [-0.39, 0.29) is 18.1 Å². The minimum Gasteiger partial charge on any atom is -0.268 e. The SMILES string of the molecule is Cc1ccc(S(=O)(=O)N2C3CCC2CC(n2cc(Br)cn2)C3)cc1C. The van der Waals surface area contributed by atoms with Gasteiger partial charge in [0.05, 0.1) is 21.6 Å². The van der Waals surface area contributed by atoms with E-state index in [1.54, 1.807) is 22.6 Å². The smallest absolute Gasteiger partial charge is 0.243 e. The summed E-state index contributed by atoms with van der Waals surface area (Å²) in [5, 5.41) is 4.40. The van der Waals surface area contributed by atoms with E-state index in [1.807, 2.05) is 30.8 Å². The van der Waals surface area contributed by atoms with Gasteiger partial charge in [0.2, 0.25) is 10.0 Å². The lowest BCUT2D eigenvalue weighted by Crippen LogP contribution is -2.46. The third kappa shape index (κ3) is 2.96. The van der Waals surface area contributed by atoms with Crippen molar-refractivity contribution in [1.82, 2.24) is 14.1 Å². The van der Waals surface area contributed by atoms with Crippen molar-refractivity contribution in [1.29, 1.82) is 0 Å². The average Bonchev–Trinajstić information content (AvgIpc) is 3.12. The number of sulfonamides is 1. The molecule has 2 aromatic rings. The molecule has 7 heteroatoms. The van der Waals surface area contributed by atoms with Crippen LogP contribution in [0.3, 0.4) is 0 Å². The van der Waals surface area contributed by atoms with E-state index in [9.17, 15) is 8.42 Å². The molecule has 4 rings (SSSR count). The first kappa shape index (κ1) is 17.2. The second-order valence-electron chi connectivity index (χ2n) is 7.23. The van der Waals surface area contributed by atoms with E-state index < -0.39 is 10.0 Å². The Balaban J connectivity index is 1.63. The van der Waals surface area contributed by atoms with Crippen molar-refractivity contribution >= 4 is 26.0 Å². The number of halogens is 1. The standard InChI is InChI=1S/C18H22BrN3O2S/c1-12-3-6-18(7-13(12)2)25(23,24)22-15-4-5-16(22)9-17(8-15)21-11-14(19)10-20-21/h3,6-7,10-11,15-17H,4-5,8-9H2,1-2H3. The highest BCUT2D eigenvalue weighted by molar-refractivity contribution is 9.10. The molecule has 2 unspecified atom stereocenters. The number of aryl methyl sites for hydroxylation is 2. The first-order chi connectivity index (χ1) is 11.9. The summed E-state index contributed by atoms with van der Waals surface area (Å²) < 4.78 is 31.2. The molecular weight excluding hydrogens is 402 g/mol. The molecule has 0 spiro atoms. The topological polar surface area (TPSA) is 55.2 Å². The number of hydrogen-bond donors (Lipinski definition) is 0. The average molecular weight is 424 g/mol. The van der Waals surface area contributed by atoms with Crippen LogP contribution in [0.5, 0.6) is 0 Å². The lowest BCUT2D eigenvalue weighted by molar-refractivity contribution is 0.184. The molecule has 134 valence electrons. The number of nitrogens with zero attached hydrogens (tertiary/aromatic N) is 3. The number of benzene rings is 1. The molecule has 2 bridgehead atoms. The molecule has 3 heterocycles. The van der Waals surface area contributed by atoms with Gasteiger partial charge in [-0.05, 0) is 78.7 Å². The fourth-order valence-corrected chi connectivity index (χ4v) is 6.50. The van der Waals surface area contributed by atoms with Crippen molar-refractivity contribution in [3.05, 3.63) is 46.2 Å². The lowest BCUT2D eigenvalue weighted by atomic mass is 10.00. The van der Waals surface area contributed by atoms with Gasteiger partial charge in [-0.15, -0.1) is 0 Å². The molecule has 1 aromatic carbocycles. The molecule has 2 aliphatic rings. The summed E-state index contributed by atoms with van der Waals surface area (Å²) in [7, 11) is -3.44. The number of rotatable bonds is 3. The van der Waals surface area contributed by atoms with E-state index in [4.69, 9.17) is 0 Å². The Morgan fingerprint density at radius 2 is 1.76 bits per heavy atom. The van der Waals surface area contributed by atoms with Crippen LogP contribution in [0.2, 0.25) is 0 Å². The number of fused-ring (bicyclic) bond motifs is 2. The van der Waals surface area contributed by atoms with E-state index in [2.05, 4.69) is 21.0 Å². The summed E-state index contributed by atoms with van der Waals surface area (Å²) in [4.78, 5) is 0.424. The summed E-state index contributed by atoms with van der Waals surface area (Å²) in [6.45, 7) is 3.97. The zero-order valence-electron chi connectivity index (χ0n) is 14.4. The summed E-state index contributed by atoms with van der Waals surface area (Å²) in [6.07, 6.45) is 7.31. The van der Waals surface area contributed by atoms with E-state index in [0.717, 1.165) is 41.3 Å². The lowest BCUT2D eigenvalue weighted by Gasteiger charge is -2.38. The van der Waals surface area contributed by atoms with Crippen LogP contribution in [0.4, 0.5) is 0 Å². The van der Waals surface area contributed by atoms with Crippen molar-refractivity contribution < 1.29 is 8.42 Å². The van der Waals surface area contributed by atoms with Gasteiger partial charge in [-0.3, -0.25) is 4.68 Å². The van der Waals surface area contributed by atoms with Crippen LogP contribution in [-0.2, 0) is 10.0 Å². The highest BCUT2D eigenvalue weighted by Gasteiger charge is 2.47. The maximum absolute atomic E-state index is 13.3. The monoisotopic (exact) mass is 423 g/mol. The van der Waals surface area contributed by atoms with Gasteiger partial charge in [0, 0.05) is 18.3 Å². The molecule has 2 saturated heterocycles. The summed E-state index contributed by atoms with van der Waals surface area (Å²) >= 11 is 3.44. The molecule has 5 nitrogen and oxygen atoms in total. The number of aromatic nitrogens is 2. The fourth-order valence-electron chi connectivity index (χ4n) is 4.22. The van der Waals surface area contributed by atoms with Crippen molar-refractivity contribution in [2.75, 3.05) is 0 Å². The Morgan fingerprint density at radius 3 is 2.32 bits per heavy atom. The van der Waals surface area contributed by atoms with E-state index in [1.165, 1.54) is 0 Å². The summed E-state index contributed by atoms with van der Waals surface area (Å²) in [5.74, 6) is 0. The second-order valence-corrected chi connectivity index (χ2v) is 9.99. The fraction of sp³-hybridized carbons (Fsp3) is 0.500. The van der Waals surface area contributed by atoms with Crippen LogP contribution in [0.1, 0.15) is 42.9 Å². The van der Waals surface area contributed by atoms with Crippen LogP contribution < -0.4 is 0 Å². The predicted molar refractivity (Wildman–Crippen MR) is 99.9 cm³/mol. The minimum atomic E-state index is -3.44. The van der Waals surface area contributed by atoms with Gasteiger partial charge in [0.1, 0.15) is 0 Å². The van der Waals surface area contributed by atoms with Gasteiger partial charge in [-0.1, -0.05) is 6.07 Å². The maximum atomic E-state index is 13.3. The van der Waals surface area contributed by atoms with Crippen molar-refractivity contribution in [2.45, 2.75) is 62.6 Å². The quantitative estimate of drug-likeness (QED) is 0.753. The highest BCUT2D eigenvalue weighted by atomic mass is 79.9. The molecule has 0 aliphatic carbocycles. The zero-order chi connectivity index (χ0) is 17.8. The van der Waals surface area contributed by atoms with Gasteiger partial charge < -0.3 is 0 Å². The van der Waals surface area contributed by atoms with Crippen LogP contribution in [0.25, 0.3) is 0 Å². The second kappa shape index (κ2) is 6.21.